The summed E-state index contributed by atoms with van der Waals surface area (Å²) >= 11 is 0. The van der Waals surface area contributed by atoms with E-state index in [1.54, 1.807) is 25.3 Å². The number of nitrogens with zero attached hydrogens (tertiary/aromatic N) is 2. The monoisotopic (exact) mass is 382 g/mol. The minimum absolute atomic E-state index is 0.0606. The van der Waals surface area contributed by atoms with Gasteiger partial charge in [0, 0.05) is 17.7 Å². The molecule has 0 spiro atoms. The number of para-hydroxylation sites is 1. The molecule has 0 bridgehead atoms. The van der Waals surface area contributed by atoms with E-state index < -0.39 is 5.92 Å². The number of esters is 1. The zero-order chi connectivity index (χ0) is 20.1. The molecule has 0 fully saturated rings. The molecule has 0 N–H and O–H groups in total. The van der Waals surface area contributed by atoms with Crippen molar-refractivity contribution in [2.75, 3.05) is 20.2 Å². The second kappa shape index (κ2) is 8.89. The molecular weight excluding hydrogens is 356 g/mol. The highest BCUT2D eigenvalue weighted by Gasteiger charge is 2.33. The van der Waals surface area contributed by atoms with Gasteiger partial charge in [0.05, 0.1) is 7.11 Å². The van der Waals surface area contributed by atoms with Crippen LogP contribution in [0.3, 0.4) is 0 Å². The maximum absolute atomic E-state index is 13.3. The van der Waals surface area contributed by atoms with Crippen LogP contribution in [0.5, 0.6) is 11.5 Å². The molecule has 0 saturated heterocycles. The highest BCUT2D eigenvalue weighted by atomic mass is 16.5. The zero-order valence-corrected chi connectivity index (χ0v) is 16.7. The predicted octanol–water partition coefficient (Wildman–Crippen LogP) is 4.26. The van der Waals surface area contributed by atoms with Crippen LogP contribution in [0.1, 0.15) is 32.3 Å². The third-order valence-electron chi connectivity index (χ3n) is 5.12. The molecular formula is C22H26N2O4. The molecule has 6 nitrogen and oxygen atoms in total. The molecule has 0 aliphatic rings. The van der Waals surface area contributed by atoms with Gasteiger partial charge in [-0.25, -0.2) is 4.98 Å². The van der Waals surface area contributed by atoms with Gasteiger partial charge in [-0.3, -0.25) is 4.79 Å². The van der Waals surface area contributed by atoms with E-state index in [9.17, 15) is 4.79 Å². The van der Waals surface area contributed by atoms with Crippen molar-refractivity contribution in [2.45, 2.75) is 32.7 Å². The van der Waals surface area contributed by atoms with E-state index >= 15 is 0 Å². The zero-order valence-electron chi connectivity index (χ0n) is 16.7. The standard InChI is InChI=1S/C22H26N2O4/c1-5-24(6-2)15(3)21(17-9-7-8-10-19(17)26-4)22(25)28-16-11-12-20-18(13-16)23-14-27-20/h7-15,21H,5-6H2,1-4H3. The number of fused-ring (bicyclic) bond motifs is 1. The lowest BCUT2D eigenvalue weighted by atomic mass is 9.90. The Bertz CT molecular complexity index is 933. The van der Waals surface area contributed by atoms with Crippen molar-refractivity contribution in [3.63, 3.8) is 0 Å². The van der Waals surface area contributed by atoms with Crippen LogP contribution < -0.4 is 9.47 Å². The molecule has 6 heteroatoms. The van der Waals surface area contributed by atoms with Crippen molar-refractivity contribution >= 4 is 17.1 Å². The number of benzene rings is 2. The van der Waals surface area contributed by atoms with Crippen LogP contribution in [0, 0.1) is 0 Å². The topological polar surface area (TPSA) is 64.8 Å². The molecule has 1 aromatic heterocycles. The fraction of sp³-hybridized carbons (Fsp3) is 0.364. The van der Waals surface area contributed by atoms with Crippen molar-refractivity contribution in [1.82, 2.24) is 9.88 Å². The van der Waals surface area contributed by atoms with Crippen LogP contribution in [-0.2, 0) is 4.79 Å². The molecule has 0 aliphatic carbocycles. The normalized spacial score (nSPS) is 13.5. The molecule has 1 heterocycles. The Labute approximate surface area is 165 Å². The molecule has 3 aromatic rings. The van der Waals surface area contributed by atoms with E-state index in [4.69, 9.17) is 13.9 Å². The maximum Gasteiger partial charge on any atom is 0.320 e. The fourth-order valence-corrected chi connectivity index (χ4v) is 3.60. The summed E-state index contributed by atoms with van der Waals surface area (Å²) in [5.41, 5.74) is 2.12. The SMILES string of the molecule is CCN(CC)C(C)C(C(=O)Oc1ccc2ocnc2c1)c1ccccc1OC. The quantitative estimate of drug-likeness (QED) is 0.428. The number of methoxy groups -OCH3 is 1. The first-order valence-electron chi connectivity index (χ1n) is 9.50. The van der Waals surface area contributed by atoms with Gasteiger partial charge in [-0.2, -0.15) is 0 Å². The molecule has 148 valence electrons. The van der Waals surface area contributed by atoms with Crippen LogP contribution in [0.2, 0.25) is 0 Å². The van der Waals surface area contributed by atoms with Gasteiger partial charge in [-0.15, -0.1) is 0 Å². The lowest BCUT2D eigenvalue weighted by Crippen LogP contribution is -2.41. The first-order valence-corrected chi connectivity index (χ1v) is 9.50. The van der Waals surface area contributed by atoms with E-state index in [0.29, 0.717) is 22.6 Å². The largest absolute Gasteiger partial charge is 0.496 e. The maximum atomic E-state index is 13.3. The van der Waals surface area contributed by atoms with E-state index in [1.165, 1.54) is 6.39 Å². The van der Waals surface area contributed by atoms with Crippen LogP contribution >= 0.6 is 0 Å². The highest BCUT2D eigenvalue weighted by Crippen LogP contribution is 2.33. The lowest BCUT2D eigenvalue weighted by Gasteiger charge is -2.32. The molecule has 0 aliphatic heterocycles. The van der Waals surface area contributed by atoms with E-state index in [2.05, 4.69) is 23.7 Å². The number of hydrogen-bond acceptors (Lipinski definition) is 6. The lowest BCUT2D eigenvalue weighted by molar-refractivity contribution is -0.137. The first kappa shape index (κ1) is 19.9. The van der Waals surface area contributed by atoms with E-state index in [-0.39, 0.29) is 12.0 Å². The van der Waals surface area contributed by atoms with Crippen LogP contribution in [0.25, 0.3) is 11.1 Å². The van der Waals surface area contributed by atoms with Gasteiger partial charge in [0.2, 0.25) is 0 Å². The van der Waals surface area contributed by atoms with Gasteiger partial charge in [0.1, 0.15) is 22.9 Å². The summed E-state index contributed by atoms with van der Waals surface area (Å²) in [5, 5.41) is 0. The Morgan fingerprint density at radius 1 is 1.18 bits per heavy atom. The molecule has 0 radical (unpaired) electrons. The Kier molecular flexibility index (Phi) is 6.31. The number of carbonyl (C=O) groups excluding carboxylic acids is 1. The number of rotatable bonds is 8. The van der Waals surface area contributed by atoms with Gasteiger partial charge in [0.15, 0.2) is 12.0 Å². The minimum atomic E-state index is -0.496. The molecule has 0 saturated carbocycles. The molecule has 0 amide bonds. The first-order chi connectivity index (χ1) is 13.6. The van der Waals surface area contributed by atoms with Crippen molar-refractivity contribution in [3.05, 3.63) is 54.4 Å². The Hall–Kier alpha value is -2.86. The Morgan fingerprint density at radius 2 is 1.93 bits per heavy atom. The van der Waals surface area contributed by atoms with Crippen molar-refractivity contribution < 1.29 is 18.7 Å². The van der Waals surface area contributed by atoms with E-state index in [1.807, 2.05) is 31.2 Å². The summed E-state index contributed by atoms with van der Waals surface area (Å²) in [6.45, 7) is 7.89. The van der Waals surface area contributed by atoms with Gasteiger partial charge >= 0.3 is 5.97 Å². The number of likely N-dealkylation sites (N-methyl/N-ethyl adjacent to an activating group) is 1. The third kappa shape index (κ3) is 4.02. The average molecular weight is 382 g/mol. The second-order valence-electron chi connectivity index (χ2n) is 6.58. The summed E-state index contributed by atoms with van der Waals surface area (Å²) in [6.07, 6.45) is 1.37. The van der Waals surface area contributed by atoms with Gasteiger partial charge in [-0.1, -0.05) is 32.0 Å². The van der Waals surface area contributed by atoms with E-state index in [0.717, 1.165) is 18.7 Å². The van der Waals surface area contributed by atoms with Gasteiger partial charge < -0.3 is 18.8 Å². The number of hydrogen-bond donors (Lipinski definition) is 0. The summed E-state index contributed by atoms with van der Waals surface area (Å²) in [5.74, 6) is 0.296. The summed E-state index contributed by atoms with van der Waals surface area (Å²) in [7, 11) is 1.61. The number of oxazole rings is 1. The predicted molar refractivity (Wildman–Crippen MR) is 108 cm³/mol. The minimum Gasteiger partial charge on any atom is -0.496 e. The molecule has 2 atom stereocenters. The fourth-order valence-electron chi connectivity index (χ4n) is 3.60. The van der Waals surface area contributed by atoms with Crippen LogP contribution in [-0.4, -0.2) is 42.1 Å². The molecule has 3 rings (SSSR count). The van der Waals surface area contributed by atoms with Crippen molar-refractivity contribution in [1.29, 1.82) is 0 Å². The van der Waals surface area contributed by atoms with Gasteiger partial charge in [0.25, 0.3) is 0 Å². The average Bonchev–Trinajstić information content (AvgIpc) is 3.17. The van der Waals surface area contributed by atoms with Crippen molar-refractivity contribution in [2.24, 2.45) is 0 Å². The molecule has 28 heavy (non-hydrogen) atoms. The van der Waals surface area contributed by atoms with Gasteiger partial charge in [-0.05, 0) is 38.2 Å². The summed E-state index contributed by atoms with van der Waals surface area (Å²) in [6, 6.07) is 12.7. The highest BCUT2D eigenvalue weighted by molar-refractivity contribution is 5.83. The summed E-state index contributed by atoms with van der Waals surface area (Å²) < 4.78 is 16.5. The second-order valence-corrected chi connectivity index (χ2v) is 6.58. The number of aromatic nitrogens is 1. The van der Waals surface area contributed by atoms with Crippen LogP contribution in [0.15, 0.2) is 53.3 Å². The Morgan fingerprint density at radius 3 is 2.64 bits per heavy atom. The Balaban J connectivity index is 1.95. The van der Waals surface area contributed by atoms with Crippen molar-refractivity contribution in [3.8, 4) is 11.5 Å². The molecule has 2 aromatic carbocycles. The number of carbonyl (C=O) groups is 1. The van der Waals surface area contributed by atoms with Crippen LogP contribution in [0.4, 0.5) is 0 Å². The third-order valence-corrected chi connectivity index (χ3v) is 5.12. The number of ether oxygens (including phenoxy) is 2. The summed E-state index contributed by atoms with van der Waals surface area (Å²) in [4.78, 5) is 19.6. The molecule has 2 unspecified atom stereocenters. The smallest absolute Gasteiger partial charge is 0.320 e.